The van der Waals surface area contributed by atoms with Gasteiger partial charge >= 0.3 is 5.97 Å². The number of carbonyl (C=O) groups excluding carboxylic acids is 2. The number of carbonyl (C=O) groups is 2. The van der Waals surface area contributed by atoms with Gasteiger partial charge in [-0.3, -0.25) is 9.59 Å². The number of unbranched alkanes of at least 4 members (excludes halogenated alkanes) is 1. The summed E-state index contributed by atoms with van der Waals surface area (Å²) in [5.74, 6) is 0.814. The van der Waals surface area contributed by atoms with Crippen molar-refractivity contribution in [3.63, 3.8) is 0 Å². The Morgan fingerprint density at radius 3 is 2.62 bits per heavy atom. The zero-order chi connectivity index (χ0) is 12.0. The van der Waals surface area contributed by atoms with Crippen LogP contribution in [0.1, 0.15) is 52.4 Å². The van der Waals surface area contributed by atoms with E-state index in [4.69, 9.17) is 4.74 Å². The Balaban J connectivity index is 2.42. The molecule has 0 amide bonds. The van der Waals surface area contributed by atoms with Crippen LogP contribution in [0.5, 0.6) is 0 Å². The fourth-order valence-corrected chi connectivity index (χ4v) is 2.48. The van der Waals surface area contributed by atoms with Gasteiger partial charge < -0.3 is 4.74 Å². The molecule has 0 aromatic heterocycles. The Morgan fingerprint density at radius 2 is 2.00 bits per heavy atom. The predicted octanol–water partition coefficient (Wildman–Crippen LogP) is 2.73. The number of ketones is 1. The fraction of sp³-hybridized carbons (Fsp3) is 0.846. The summed E-state index contributed by atoms with van der Waals surface area (Å²) in [5, 5.41) is 0. The van der Waals surface area contributed by atoms with Gasteiger partial charge in [-0.15, -0.1) is 0 Å². The van der Waals surface area contributed by atoms with Crippen molar-refractivity contribution in [3.8, 4) is 0 Å². The van der Waals surface area contributed by atoms with Crippen molar-refractivity contribution in [2.75, 3.05) is 6.61 Å². The Hall–Kier alpha value is -0.860. The standard InChI is InChI=1S/C13H22O3/c1-3-5-6-10-7-12(14)8-11(10)9-13(15)16-4-2/h10-11H,3-9H2,1-2H3. The largest absolute Gasteiger partial charge is 0.466 e. The molecule has 0 heterocycles. The van der Waals surface area contributed by atoms with Crippen LogP contribution < -0.4 is 0 Å². The molecule has 1 aliphatic rings. The van der Waals surface area contributed by atoms with E-state index < -0.39 is 0 Å². The lowest BCUT2D eigenvalue weighted by atomic mass is 9.89. The fourth-order valence-electron chi connectivity index (χ4n) is 2.48. The smallest absolute Gasteiger partial charge is 0.306 e. The summed E-state index contributed by atoms with van der Waals surface area (Å²) in [4.78, 5) is 22.8. The predicted molar refractivity (Wildman–Crippen MR) is 62.0 cm³/mol. The molecule has 3 heteroatoms. The molecule has 0 aromatic rings. The van der Waals surface area contributed by atoms with E-state index in [1.165, 1.54) is 0 Å². The van der Waals surface area contributed by atoms with Crippen LogP contribution in [0.3, 0.4) is 0 Å². The number of hydrogen-bond donors (Lipinski definition) is 0. The molecule has 1 aliphatic carbocycles. The van der Waals surface area contributed by atoms with Crippen LogP contribution >= 0.6 is 0 Å². The minimum atomic E-state index is -0.149. The van der Waals surface area contributed by atoms with E-state index in [2.05, 4.69) is 6.92 Å². The van der Waals surface area contributed by atoms with E-state index in [1.54, 1.807) is 0 Å². The lowest BCUT2D eigenvalue weighted by molar-refractivity contribution is -0.144. The third kappa shape index (κ3) is 3.95. The monoisotopic (exact) mass is 226 g/mol. The highest BCUT2D eigenvalue weighted by Gasteiger charge is 2.33. The first-order valence-electron chi connectivity index (χ1n) is 6.34. The molecule has 92 valence electrons. The lowest BCUT2D eigenvalue weighted by Crippen LogP contribution is -2.15. The molecular weight excluding hydrogens is 204 g/mol. The van der Waals surface area contributed by atoms with Crippen LogP contribution in [-0.4, -0.2) is 18.4 Å². The highest BCUT2D eigenvalue weighted by molar-refractivity contribution is 5.82. The number of esters is 1. The first-order valence-corrected chi connectivity index (χ1v) is 6.34. The minimum Gasteiger partial charge on any atom is -0.466 e. The summed E-state index contributed by atoms with van der Waals surface area (Å²) in [6.07, 6.45) is 5.05. The van der Waals surface area contributed by atoms with Crippen LogP contribution in [0.2, 0.25) is 0 Å². The van der Waals surface area contributed by atoms with Crippen molar-refractivity contribution in [2.45, 2.75) is 52.4 Å². The first-order chi connectivity index (χ1) is 7.67. The Morgan fingerprint density at radius 1 is 1.31 bits per heavy atom. The third-order valence-electron chi connectivity index (χ3n) is 3.31. The van der Waals surface area contributed by atoms with Gasteiger partial charge in [0.1, 0.15) is 5.78 Å². The summed E-state index contributed by atoms with van der Waals surface area (Å²) in [5.41, 5.74) is 0. The van der Waals surface area contributed by atoms with E-state index in [9.17, 15) is 9.59 Å². The minimum absolute atomic E-state index is 0.149. The molecule has 1 rings (SSSR count). The molecule has 0 aromatic carbocycles. The maximum atomic E-state index is 11.4. The average Bonchev–Trinajstić information content (AvgIpc) is 2.56. The highest BCUT2D eigenvalue weighted by Crippen LogP contribution is 2.35. The third-order valence-corrected chi connectivity index (χ3v) is 3.31. The highest BCUT2D eigenvalue weighted by atomic mass is 16.5. The molecule has 0 aliphatic heterocycles. The summed E-state index contributed by atoms with van der Waals surface area (Å²) >= 11 is 0. The van der Waals surface area contributed by atoms with Gasteiger partial charge in [0.2, 0.25) is 0 Å². The summed E-state index contributed by atoms with van der Waals surface area (Å²) in [6.45, 7) is 4.39. The zero-order valence-corrected chi connectivity index (χ0v) is 10.3. The average molecular weight is 226 g/mol. The van der Waals surface area contributed by atoms with Crippen LogP contribution in [0.4, 0.5) is 0 Å². The van der Waals surface area contributed by atoms with Crippen molar-refractivity contribution in [1.82, 2.24) is 0 Å². The molecule has 0 N–H and O–H groups in total. The Labute approximate surface area is 97.5 Å². The quantitative estimate of drug-likeness (QED) is 0.654. The van der Waals surface area contributed by atoms with E-state index in [1.807, 2.05) is 6.92 Å². The van der Waals surface area contributed by atoms with Gasteiger partial charge in [-0.05, 0) is 25.2 Å². The molecule has 0 spiro atoms. The van der Waals surface area contributed by atoms with Gasteiger partial charge in [-0.25, -0.2) is 0 Å². The summed E-state index contributed by atoms with van der Waals surface area (Å²) in [7, 11) is 0. The zero-order valence-electron chi connectivity index (χ0n) is 10.3. The summed E-state index contributed by atoms with van der Waals surface area (Å²) < 4.78 is 4.94. The molecular formula is C13H22O3. The molecule has 2 unspecified atom stereocenters. The van der Waals surface area contributed by atoms with E-state index >= 15 is 0 Å². The van der Waals surface area contributed by atoms with E-state index in [0.29, 0.717) is 37.6 Å². The maximum absolute atomic E-state index is 11.4. The second kappa shape index (κ2) is 6.66. The Kier molecular flexibility index (Phi) is 5.50. The molecule has 0 saturated heterocycles. The SMILES string of the molecule is CCCCC1CC(=O)CC1CC(=O)OCC. The number of rotatable bonds is 6. The molecule has 1 saturated carbocycles. The first kappa shape index (κ1) is 13.2. The van der Waals surface area contributed by atoms with Crippen molar-refractivity contribution in [1.29, 1.82) is 0 Å². The van der Waals surface area contributed by atoms with Gasteiger partial charge in [0.05, 0.1) is 6.61 Å². The maximum Gasteiger partial charge on any atom is 0.306 e. The van der Waals surface area contributed by atoms with Gasteiger partial charge in [-0.1, -0.05) is 19.8 Å². The molecule has 3 nitrogen and oxygen atoms in total. The Bertz CT molecular complexity index is 248. The number of ether oxygens (including phenoxy) is 1. The topological polar surface area (TPSA) is 43.4 Å². The second-order valence-electron chi connectivity index (χ2n) is 4.62. The second-order valence-corrected chi connectivity index (χ2v) is 4.62. The van der Waals surface area contributed by atoms with Crippen molar-refractivity contribution >= 4 is 11.8 Å². The van der Waals surface area contributed by atoms with Crippen LogP contribution in [0.25, 0.3) is 0 Å². The van der Waals surface area contributed by atoms with E-state index in [-0.39, 0.29) is 11.9 Å². The molecule has 1 fully saturated rings. The molecule has 0 radical (unpaired) electrons. The van der Waals surface area contributed by atoms with Gasteiger partial charge in [0, 0.05) is 19.3 Å². The van der Waals surface area contributed by atoms with Crippen molar-refractivity contribution in [3.05, 3.63) is 0 Å². The van der Waals surface area contributed by atoms with E-state index in [0.717, 1.165) is 19.3 Å². The molecule has 16 heavy (non-hydrogen) atoms. The van der Waals surface area contributed by atoms with Crippen molar-refractivity contribution < 1.29 is 14.3 Å². The lowest BCUT2D eigenvalue weighted by Gasteiger charge is -2.17. The van der Waals surface area contributed by atoms with Gasteiger partial charge in [0.15, 0.2) is 0 Å². The van der Waals surface area contributed by atoms with Gasteiger partial charge in [-0.2, -0.15) is 0 Å². The molecule has 0 bridgehead atoms. The van der Waals surface area contributed by atoms with Crippen LogP contribution in [-0.2, 0) is 14.3 Å². The van der Waals surface area contributed by atoms with Crippen LogP contribution in [0.15, 0.2) is 0 Å². The van der Waals surface area contributed by atoms with Gasteiger partial charge in [0.25, 0.3) is 0 Å². The van der Waals surface area contributed by atoms with Crippen LogP contribution in [0, 0.1) is 11.8 Å². The normalized spacial score (nSPS) is 24.8. The van der Waals surface area contributed by atoms with Crippen molar-refractivity contribution in [2.24, 2.45) is 11.8 Å². The number of Topliss-reactive ketones (excluding diaryl/α,β-unsaturated/α-hetero) is 1. The summed E-state index contributed by atoms with van der Waals surface area (Å²) in [6, 6.07) is 0. The molecule has 2 atom stereocenters. The number of hydrogen-bond acceptors (Lipinski definition) is 3.